The van der Waals surface area contributed by atoms with Crippen LogP contribution in [0.15, 0.2) is 66.9 Å². The molecular formula is C32H33ClN6O5. The number of nitrogens with one attached hydrogen (secondary N) is 1. The number of carboxylic acids is 1. The number of anilines is 1. The van der Waals surface area contributed by atoms with Gasteiger partial charge in [0, 0.05) is 28.9 Å². The Bertz CT molecular complexity index is 1700. The molecule has 2 aromatic carbocycles. The van der Waals surface area contributed by atoms with Crippen LogP contribution in [0, 0.1) is 0 Å². The Morgan fingerprint density at radius 1 is 1.00 bits per heavy atom. The van der Waals surface area contributed by atoms with Crippen LogP contribution in [-0.2, 0) is 4.74 Å². The van der Waals surface area contributed by atoms with E-state index < -0.39 is 29.6 Å². The van der Waals surface area contributed by atoms with Gasteiger partial charge in [0.2, 0.25) is 0 Å². The largest absolute Gasteiger partial charge is 0.476 e. The van der Waals surface area contributed by atoms with Gasteiger partial charge in [-0.25, -0.2) is 24.2 Å². The van der Waals surface area contributed by atoms with Crippen LogP contribution in [0.4, 0.5) is 10.6 Å². The average molecular weight is 617 g/mol. The van der Waals surface area contributed by atoms with Crippen LogP contribution in [0.3, 0.4) is 0 Å². The number of aromatic carboxylic acids is 1. The minimum Gasteiger partial charge on any atom is -0.476 e. The lowest BCUT2D eigenvalue weighted by Gasteiger charge is -2.36. The van der Waals surface area contributed by atoms with Crippen LogP contribution < -0.4 is 11.2 Å². The van der Waals surface area contributed by atoms with E-state index in [9.17, 15) is 19.5 Å². The highest BCUT2D eigenvalue weighted by atomic mass is 35.5. The first-order valence-electron chi connectivity index (χ1n) is 14.2. The van der Waals surface area contributed by atoms with Crippen molar-refractivity contribution < 1.29 is 24.2 Å². The highest BCUT2D eigenvalue weighted by Gasteiger charge is 2.36. The summed E-state index contributed by atoms with van der Waals surface area (Å²) in [5.41, 5.74) is 1.78. The third-order valence-corrected chi connectivity index (χ3v) is 7.42. The van der Waals surface area contributed by atoms with E-state index in [1.807, 2.05) is 18.2 Å². The Hall–Kier alpha value is -4.90. The van der Waals surface area contributed by atoms with Crippen LogP contribution in [0.1, 0.15) is 72.7 Å². The number of nitrogen functional groups attached to an aromatic ring is 1. The van der Waals surface area contributed by atoms with Gasteiger partial charge in [0.1, 0.15) is 17.1 Å². The second kappa shape index (κ2) is 12.4. The monoisotopic (exact) mass is 616 g/mol. The number of nitrogens with zero attached hydrogens (tertiary/aromatic N) is 4. The molecule has 2 aromatic heterocycles. The molecule has 1 fully saturated rings. The van der Waals surface area contributed by atoms with E-state index in [2.05, 4.69) is 15.3 Å². The topological polar surface area (TPSA) is 153 Å². The normalized spacial score (nSPS) is 15.1. The number of carbonyl (C=O) groups excluding carboxylic acids is 2. The van der Waals surface area contributed by atoms with Gasteiger partial charge >= 0.3 is 12.1 Å². The van der Waals surface area contributed by atoms with E-state index in [0.717, 1.165) is 28.6 Å². The fraction of sp³-hybridized carbons (Fsp3) is 0.281. The molecule has 1 unspecified atom stereocenters. The standard InChI is InChI=1S/C32H33ClN6O5/c1-32(2,3)44-31(43)38-17-5-4-6-24(38)28-37-26(27(30(41)42)39(28)34)20-7-9-21(10-8-20)29(40)36-25-18-22(15-16-35-25)19-11-13-23(33)14-12-19/h7-16,18,24H,4-6,17,34H2,1-3H3,(H,41,42)(H,35,36,40). The van der Waals surface area contributed by atoms with E-state index in [1.165, 1.54) is 0 Å². The maximum absolute atomic E-state index is 13.0. The summed E-state index contributed by atoms with van der Waals surface area (Å²) < 4.78 is 6.63. The predicted octanol–water partition coefficient (Wildman–Crippen LogP) is 6.39. The summed E-state index contributed by atoms with van der Waals surface area (Å²) in [6.07, 6.45) is 3.25. The van der Waals surface area contributed by atoms with Crippen molar-refractivity contribution in [1.29, 1.82) is 0 Å². The molecule has 0 spiro atoms. The average Bonchev–Trinajstić information content (AvgIpc) is 3.34. The summed E-state index contributed by atoms with van der Waals surface area (Å²) in [4.78, 5) is 48.8. The second-order valence-corrected chi connectivity index (χ2v) is 11.9. The number of amides is 2. The summed E-state index contributed by atoms with van der Waals surface area (Å²) in [6, 6.07) is 16.7. The number of hydrogen-bond donors (Lipinski definition) is 3. The number of carbonyl (C=O) groups is 3. The van der Waals surface area contributed by atoms with Crippen molar-refractivity contribution in [1.82, 2.24) is 19.5 Å². The van der Waals surface area contributed by atoms with Gasteiger partial charge in [-0.3, -0.25) is 9.69 Å². The zero-order valence-electron chi connectivity index (χ0n) is 24.6. The highest BCUT2D eigenvalue weighted by molar-refractivity contribution is 6.30. The zero-order valence-corrected chi connectivity index (χ0v) is 25.3. The number of aromatic nitrogens is 3. The van der Waals surface area contributed by atoms with Gasteiger partial charge in [0.05, 0.1) is 6.04 Å². The van der Waals surface area contributed by atoms with Crippen LogP contribution in [0.2, 0.25) is 5.02 Å². The molecule has 4 aromatic rings. The molecule has 0 bridgehead atoms. The molecule has 1 saturated heterocycles. The van der Waals surface area contributed by atoms with Crippen molar-refractivity contribution in [2.24, 2.45) is 0 Å². The fourth-order valence-corrected chi connectivity index (χ4v) is 5.24. The number of rotatable bonds is 6. The molecule has 11 nitrogen and oxygen atoms in total. The fourth-order valence-electron chi connectivity index (χ4n) is 5.12. The number of halogens is 1. The van der Waals surface area contributed by atoms with E-state index in [4.69, 9.17) is 22.2 Å². The number of ether oxygens (including phenoxy) is 1. The summed E-state index contributed by atoms with van der Waals surface area (Å²) in [6.45, 7) is 5.79. The molecule has 2 amide bonds. The molecule has 44 heavy (non-hydrogen) atoms. The molecule has 1 atom stereocenters. The maximum Gasteiger partial charge on any atom is 0.410 e. The Balaban J connectivity index is 1.38. The quantitative estimate of drug-likeness (QED) is 0.211. The third kappa shape index (κ3) is 6.68. The summed E-state index contributed by atoms with van der Waals surface area (Å²) >= 11 is 5.99. The zero-order chi connectivity index (χ0) is 31.6. The number of nitrogens with two attached hydrogens (primary N) is 1. The minimum absolute atomic E-state index is 0.133. The second-order valence-electron chi connectivity index (χ2n) is 11.5. The number of likely N-dealkylation sites (tertiary alicyclic amines) is 1. The smallest absolute Gasteiger partial charge is 0.410 e. The summed E-state index contributed by atoms with van der Waals surface area (Å²) in [7, 11) is 0. The number of benzene rings is 2. The van der Waals surface area contributed by atoms with Crippen molar-refractivity contribution in [3.63, 3.8) is 0 Å². The number of carboxylic acid groups (broad SMARTS) is 1. The van der Waals surface area contributed by atoms with Gasteiger partial charge in [-0.15, -0.1) is 0 Å². The molecule has 228 valence electrons. The summed E-state index contributed by atoms with van der Waals surface area (Å²) in [5.74, 6) is 5.26. The Kier molecular flexibility index (Phi) is 8.59. The molecule has 12 heteroatoms. The molecular weight excluding hydrogens is 584 g/mol. The molecule has 1 aliphatic heterocycles. The molecule has 3 heterocycles. The van der Waals surface area contributed by atoms with Gasteiger partial charge in [-0.1, -0.05) is 35.9 Å². The van der Waals surface area contributed by atoms with Crippen LogP contribution in [0.25, 0.3) is 22.4 Å². The first kappa shape index (κ1) is 30.6. The molecule has 1 aliphatic rings. The van der Waals surface area contributed by atoms with Gasteiger partial charge in [0.15, 0.2) is 11.5 Å². The number of pyridine rings is 1. The van der Waals surface area contributed by atoms with Gasteiger partial charge in [-0.2, -0.15) is 0 Å². The lowest BCUT2D eigenvalue weighted by atomic mass is 10.0. The van der Waals surface area contributed by atoms with Crippen molar-refractivity contribution >= 4 is 35.4 Å². The molecule has 0 radical (unpaired) electrons. The van der Waals surface area contributed by atoms with Crippen molar-refractivity contribution in [3.05, 3.63) is 89.0 Å². The van der Waals surface area contributed by atoms with Crippen molar-refractivity contribution in [3.8, 4) is 22.4 Å². The van der Waals surface area contributed by atoms with E-state index in [1.54, 1.807) is 74.3 Å². The maximum atomic E-state index is 13.0. The Morgan fingerprint density at radius 3 is 2.34 bits per heavy atom. The number of imidazole rings is 1. The Morgan fingerprint density at radius 2 is 1.68 bits per heavy atom. The minimum atomic E-state index is -1.27. The van der Waals surface area contributed by atoms with Crippen molar-refractivity contribution in [2.75, 3.05) is 17.7 Å². The highest BCUT2D eigenvalue weighted by Crippen LogP contribution is 2.34. The van der Waals surface area contributed by atoms with Crippen LogP contribution in [-0.4, -0.2) is 54.8 Å². The number of hydrogen-bond acceptors (Lipinski definition) is 7. The first-order chi connectivity index (χ1) is 20.9. The lowest BCUT2D eigenvalue weighted by Crippen LogP contribution is -2.43. The third-order valence-electron chi connectivity index (χ3n) is 7.17. The number of piperidine rings is 1. The molecule has 4 N–H and O–H groups in total. The van der Waals surface area contributed by atoms with E-state index in [-0.39, 0.29) is 17.2 Å². The molecule has 5 rings (SSSR count). The van der Waals surface area contributed by atoms with Gasteiger partial charge < -0.3 is 21.0 Å². The van der Waals surface area contributed by atoms with Gasteiger partial charge in [0.25, 0.3) is 5.91 Å². The SMILES string of the molecule is CC(C)(C)OC(=O)N1CCCCC1c1nc(-c2ccc(C(=O)Nc3cc(-c4ccc(Cl)cc4)ccn3)cc2)c(C(=O)O)n1N. The summed E-state index contributed by atoms with van der Waals surface area (Å²) in [5, 5.41) is 13.5. The Labute approximate surface area is 259 Å². The van der Waals surface area contributed by atoms with Crippen molar-refractivity contribution in [2.45, 2.75) is 51.7 Å². The van der Waals surface area contributed by atoms with E-state index in [0.29, 0.717) is 34.9 Å². The first-order valence-corrected chi connectivity index (χ1v) is 14.5. The molecule has 0 saturated carbocycles. The lowest BCUT2D eigenvalue weighted by molar-refractivity contribution is 0.00821. The van der Waals surface area contributed by atoms with Crippen LogP contribution in [0.5, 0.6) is 0 Å². The predicted molar refractivity (Wildman–Crippen MR) is 167 cm³/mol. The van der Waals surface area contributed by atoms with Crippen LogP contribution >= 0.6 is 11.6 Å². The van der Waals surface area contributed by atoms with Gasteiger partial charge in [-0.05, 0) is 87.6 Å². The molecule has 0 aliphatic carbocycles. The van der Waals surface area contributed by atoms with E-state index >= 15 is 0 Å².